The molecule has 2 aliphatic rings. The Balaban J connectivity index is 1.76. The first-order valence-electron chi connectivity index (χ1n) is 7.95. The molecule has 2 aliphatic heterocycles. The van der Waals surface area contributed by atoms with Gasteiger partial charge in [-0.3, -0.25) is 4.79 Å². The Kier molecular flexibility index (Phi) is 4.88. The number of hydrogen-bond acceptors (Lipinski definition) is 2. The van der Waals surface area contributed by atoms with E-state index in [9.17, 15) is 4.79 Å². The molecule has 0 unspecified atom stereocenters. The van der Waals surface area contributed by atoms with Gasteiger partial charge < -0.3 is 10.2 Å². The van der Waals surface area contributed by atoms with Crippen molar-refractivity contribution in [3.8, 4) is 0 Å². The van der Waals surface area contributed by atoms with Gasteiger partial charge in [0.05, 0.1) is 0 Å². The normalized spacial score (nSPS) is 23.6. The van der Waals surface area contributed by atoms with Crippen LogP contribution in [0.5, 0.6) is 0 Å². The van der Waals surface area contributed by atoms with Crippen LogP contribution < -0.4 is 5.32 Å². The molecule has 2 rings (SSSR count). The van der Waals surface area contributed by atoms with Gasteiger partial charge in [-0.2, -0.15) is 0 Å². The van der Waals surface area contributed by atoms with Gasteiger partial charge in [0.2, 0.25) is 5.91 Å². The molecule has 1 amide bonds. The Morgan fingerprint density at radius 2 is 1.68 bits per heavy atom. The topological polar surface area (TPSA) is 32.3 Å². The summed E-state index contributed by atoms with van der Waals surface area (Å²) in [5.41, 5.74) is 0.393. The van der Waals surface area contributed by atoms with Gasteiger partial charge in [0.15, 0.2) is 0 Å². The number of rotatable bonds is 2. The molecule has 110 valence electrons. The standard InChI is InChI=1S/C16H30N2O/c1-16(2,3)14-6-10-18(11-7-14)15(19)12-13-4-8-17-9-5-13/h13-14,17H,4-12H2,1-3H3. The molecule has 3 heteroatoms. The monoisotopic (exact) mass is 266 g/mol. The maximum absolute atomic E-state index is 12.3. The van der Waals surface area contributed by atoms with Crippen LogP contribution in [-0.2, 0) is 4.79 Å². The Hall–Kier alpha value is -0.570. The van der Waals surface area contributed by atoms with Crippen LogP contribution in [0, 0.1) is 17.3 Å². The van der Waals surface area contributed by atoms with E-state index in [1.807, 2.05) is 0 Å². The number of carbonyl (C=O) groups is 1. The summed E-state index contributed by atoms with van der Waals surface area (Å²) in [5.74, 6) is 1.80. The molecule has 1 N–H and O–H groups in total. The van der Waals surface area contributed by atoms with E-state index < -0.39 is 0 Å². The molecular formula is C16H30N2O. The molecule has 0 atom stereocenters. The summed E-state index contributed by atoms with van der Waals surface area (Å²) in [6.45, 7) is 11.1. The van der Waals surface area contributed by atoms with E-state index >= 15 is 0 Å². The van der Waals surface area contributed by atoms with E-state index in [4.69, 9.17) is 0 Å². The van der Waals surface area contributed by atoms with E-state index in [-0.39, 0.29) is 0 Å². The fraction of sp³-hybridized carbons (Fsp3) is 0.938. The zero-order valence-electron chi connectivity index (χ0n) is 12.9. The Labute approximate surface area is 118 Å². The average molecular weight is 266 g/mol. The van der Waals surface area contributed by atoms with Gasteiger partial charge in [-0.1, -0.05) is 20.8 Å². The lowest BCUT2D eigenvalue weighted by molar-refractivity contribution is -0.134. The van der Waals surface area contributed by atoms with Crippen LogP contribution in [0.15, 0.2) is 0 Å². The minimum atomic E-state index is 0.393. The summed E-state index contributed by atoms with van der Waals surface area (Å²) in [4.78, 5) is 14.4. The maximum Gasteiger partial charge on any atom is 0.222 e. The minimum Gasteiger partial charge on any atom is -0.343 e. The van der Waals surface area contributed by atoms with Crippen molar-refractivity contribution in [1.29, 1.82) is 0 Å². The highest BCUT2D eigenvalue weighted by Crippen LogP contribution is 2.34. The predicted molar refractivity (Wildman–Crippen MR) is 79.0 cm³/mol. The molecule has 2 heterocycles. The average Bonchev–Trinajstić information content (AvgIpc) is 2.39. The summed E-state index contributed by atoms with van der Waals surface area (Å²) >= 11 is 0. The quantitative estimate of drug-likeness (QED) is 0.833. The van der Waals surface area contributed by atoms with Crippen molar-refractivity contribution in [1.82, 2.24) is 10.2 Å². The first-order valence-corrected chi connectivity index (χ1v) is 7.95. The number of nitrogens with one attached hydrogen (secondary N) is 1. The molecule has 0 aliphatic carbocycles. The van der Waals surface area contributed by atoms with Crippen LogP contribution in [0.3, 0.4) is 0 Å². The number of piperidine rings is 2. The maximum atomic E-state index is 12.3. The van der Waals surface area contributed by atoms with Crippen molar-refractivity contribution in [2.24, 2.45) is 17.3 Å². The minimum absolute atomic E-state index is 0.393. The molecule has 0 bridgehead atoms. The number of carbonyl (C=O) groups excluding carboxylic acids is 1. The lowest BCUT2D eigenvalue weighted by Gasteiger charge is -2.39. The van der Waals surface area contributed by atoms with Gasteiger partial charge in [0.25, 0.3) is 0 Å². The first kappa shape index (κ1) is 14.8. The number of nitrogens with zero attached hydrogens (tertiary/aromatic N) is 1. The van der Waals surface area contributed by atoms with E-state index in [1.54, 1.807) is 0 Å². The second-order valence-corrected chi connectivity index (χ2v) is 7.42. The zero-order valence-corrected chi connectivity index (χ0v) is 12.9. The fourth-order valence-electron chi connectivity index (χ4n) is 3.46. The van der Waals surface area contributed by atoms with E-state index in [2.05, 4.69) is 31.0 Å². The molecule has 0 aromatic rings. The molecule has 2 fully saturated rings. The van der Waals surface area contributed by atoms with Gasteiger partial charge >= 0.3 is 0 Å². The van der Waals surface area contributed by atoms with Gasteiger partial charge in [-0.05, 0) is 56.0 Å². The third-order valence-corrected chi connectivity index (χ3v) is 4.99. The van der Waals surface area contributed by atoms with Crippen molar-refractivity contribution in [2.75, 3.05) is 26.2 Å². The Morgan fingerprint density at radius 3 is 2.21 bits per heavy atom. The second kappa shape index (κ2) is 6.25. The number of amides is 1. The highest BCUT2D eigenvalue weighted by molar-refractivity contribution is 5.76. The van der Waals surface area contributed by atoms with Gasteiger partial charge in [-0.25, -0.2) is 0 Å². The van der Waals surface area contributed by atoms with Crippen LogP contribution in [0.2, 0.25) is 0 Å². The first-order chi connectivity index (χ1) is 8.97. The summed E-state index contributed by atoms with van der Waals surface area (Å²) in [7, 11) is 0. The lowest BCUT2D eigenvalue weighted by Crippen LogP contribution is -2.42. The van der Waals surface area contributed by atoms with Crippen molar-refractivity contribution in [2.45, 2.75) is 52.9 Å². The largest absolute Gasteiger partial charge is 0.343 e. The Bertz CT molecular complexity index is 294. The SMILES string of the molecule is CC(C)(C)C1CCN(C(=O)CC2CCNCC2)CC1. The number of hydrogen-bond donors (Lipinski definition) is 1. The third-order valence-electron chi connectivity index (χ3n) is 4.99. The van der Waals surface area contributed by atoms with Gasteiger partial charge in [-0.15, -0.1) is 0 Å². The van der Waals surface area contributed by atoms with Gasteiger partial charge in [0.1, 0.15) is 0 Å². The van der Waals surface area contributed by atoms with Crippen molar-refractivity contribution < 1.29 is 4.79 Å². The highest BCUT2D eigenvalue weighted by atomic mass is 16.2. The zero-order chi connectivity index (χ0) is 13.9. The smallest absolute Gasteiger partial charge is 0.222 e. The third kappa shape index (κ3) is 4.20. The number of likely N-dealkylation sites (tertiary alicyclic amines) is 1. The van der Waals surface area contributed by atoms with Crippen molar-refractivity contribution >= 4 is 5.91 Å². The fourth-order valence-corrected chi connectivity index (χ4v) is 3.46. The molecule has 0 saturated carbocycles. The molecule has 0 aromatic heterocycles. The van der Waals surface area contributed by atoms with Crippen LogP contribution in [0.25, 0.3) is 0 Å². The molecule has 0 radical (unpaired) electrons. The Morgan fingerprint density at radius 1 is 1.11 bits per heavy atom. The van der Waals surface area contributed by atoms with Crippen LogP contribution in [0.4, 0.5) is 0 Å². The van der Waals surface area contributed by atoms with E-state index in [0.717, 1.165) is 38.5 Å². The highest BCUT2D eigenvalue weighted by Gasteiger charge is 2.31. The molecule has 19 heavy (non-hydrogen) atoms. The molecular weight excluding hydrogens is 236 g/mol. The molecule has 2 saturated heterocycles. The summed E-state index contributed by atoms with van der Waals surface area (Å²) in [6, 6.07) is 0. The van der Waals surface area contributed by atoms with Crippen LogP contribution in [-0.4, -0.2) is 37.0 Å². The predicted octanol–water partition coefficient (Wildman–Crippen LogP) is 2.66. The molecule has 0 aromatic carbocycles. The second-order valence-electron chi connectivity index (χ2n) is 7.42. The van der Waals surface area contributed by atoms with Crippen LogP contribution in [0.1, 0.15) is 52.9 Å². The van der Waals surface area contributed by atoms with Crippen molar-refractivity contribution in [3.63, 3.8) is 0 Å². The lowest BCUT2D eigenvalue weighted by atomic mass is 9.75. The van der Waals surface area contributed by atoms with Crippen molar-refractivity contribution in [3.05, 3.63) is 0 Å². The summed E-state index contributed by atoms with van der Waals surface area (Å²) in [6.07, 6.45) is 5.49. The van der Waals surface area contributed by atoms with E-state index in [0.29, 0.717) is 17.2 Å². The summed E-state index contributed by atoms with van der Waals surface area (Å²) in [5, 5.41) is 3.37. The van der Waals surface area contributed by atoms with Crippen LogP contribution >= 0.6 is 0 Å². The van der Waals surface area contributed by atoms with E-state index in [1.165, 1.54) is 25.7 Å². The molecule has 3 nitrogen and oxygen atoms in total. The summed E-state index contributed by atoms with van der Waals surface area (Å²) < 4.78 is 0. The van der Waals surface area contributed by atoms with Gasteiger partial charge in [0, 0.05) is 19.5 Å². The molecule has 0 spiro atoms.